The van der Waals surface area contributed by atoms with Crippen LogP contribution in [0.5, 0.6) is 0 Å². The average molecular weight is 366 g/mol. The Morgan fingerprint density at radius 1 is 1.04 bits per heavy atom. The van der Waals surface area contributed by atoms with Gasteiger partial charge in [-0.3, -0.25) is 9.30 Å². The molecule has 5 heteroatoms. The lowest BCUT2D eigenvalue weighted by atomic mass is 10.1. The Labute approximate surface area is 155 Å². The van der Waals surface area contributed by atoms with Crippen molar-refractivity contribution in [3.63, 3.8) is 0 Å². The van der Waals surface area contributed by atoms with Crippen molar-refractivity contribution in [1.29, 1.82) is 0 Å². The van der Waals surface area contributed by atoms with Crippen molar-refractivity contribution in [2.75, 3.05) is 6.54 Å². The average Bonchev–Trinajstić information content (AvgIpc) is 3.42. The number of thiophene rings is 1. The van der Waals surface area contributed by atoms with Crippen molar-refractivity contribution in [2.45, 2.75) is 25.4 Å². The van der Waals surface area contributed by atoms with E-state index in [4.69, 9.17) is 4.98 Å². The summed E-state index contributed by atoms with van der Waals surface area (Å²) >= 11 is 3.59. The van der Waals surface area contributed by atoms with Crippen molar-refractivity contribution in [3.05, 3.63) is 70.0 Å². The van der Waals surface area contributed by atoms with Crippen LogP contribution in [0.15, 0.2) is 59.4 Å². The molecule has 1 saturated heterocycles. The van der Waals surface area contributed by atoms with Gasteiger partial charge in [0, 0.05) is 34.6 Å². The Morgan fingerprint density at radius 2 is 1.96 bits per heavy atom. The largest absolute Gasteiger partial charge is 0.293 e. The van der Waals surface area contributed by atoms with Gasteiger partial charge < -0.3 is 0 Å². The number of hydrogen-bond acceptors (Lipinski definition) is 4. The van der Waals surface area contributed by atoms with Gasteiger partial charge in [0.25, 0.3) is 0 Å². The van der Waals surface area contributed by atoms with E-state index < -0.39 is 0 Å². The number of rotatable bonds is 4. The summed E-state index contributed by atoms with van der Waals surface area (Å²) in [4.78, 5) is 10.1. The van der Waals surface area contributed by atoms with Gasteiger partial charge >= 0.3 is 0 Å². The molecule has 4 aromatic rings. The smallest absolute Gasteiger partial charge is 0.194 e. The molecule has 126 valence electrons. The highest BCUT2D eigenvalue weighted by molar-refractivity contribution is 7.15. The number of hydrogen-bond donors (Lipinski definition) is 0. The fourth-order valence-electron chi connectivity index (χ4n) is 3.82. The second kappa shape index (κ2) is 6.41. The number of thiazole rings is 1. The number of imidazole rings is 1. The molecule has 0 amide bonds. The molecule has 1 aromatic carbocycles. The number of nitrogens with zero attached hydrogens (tertiary/aromatic N) is 3. The molecule has 25 heavy (non-hydrogen) atoms. The van der Waals surface area contributed by atoms with Gasteiger partial charge in [0.2, 0.25) is 0 Å². The van der Waals surface area contributed by atoms with Crippen LogP contribution in [-0.2, 0) is 6.54 Å². The van der Waals surface area contributed by atoms with E-state index in [-0.39, 0.29) is 0 Å². The van der Waals surface area contributed by atoms with Crippen LogP contribution < -0.4 is 0 Å². The van der Waals surface area contributed by atoms with Gasteiger partial charge in [-0.1, -0.05) is 36.4 Å². The molecule has 0 N–H and O–H groups in total. The molecular weight excluding hydrogens is 346 g/mol. The van der Waals surface area contributed by atoms with E-state index in [0.717, 1.165) is 23.7 Å². The summed E-state index contributed by atoms with van der Waals surface area (Å²) in [6, 6.07) is 15.6. The van der Waals surface area contributed by atoms with E-state index in [0.29, 0.717) is 6.04 Å². The van der Waals surface area contributed by atoms with Crippen LogP contribution in [0.3, 0.4) is 0 Å². The molecule has 0 spiro atoms. The minimum absolute atomic E-state index is 0.549. The van der Waals surface area contributed by atoms with Crippen molar-refractivity contribution in [3.8, 4) is 11.3 Å². The zero-order valence-corrected chi connectivity index (χ0v) is 15.5. The zero-order chi connectivity index (χ0) is 16.6. The molecule has 1 atom stereocenters. The quantitative estimate of drug-likeness (QED) is 0.478. The first kappa shape index (κ1) is 15.3. The summed E-state index contributed by atoms with van der Waals surface area (Å²) in [6.45, 7) is 2.11. The predicted octanol–water partition coefficient (Wildman–Crippen LogP) is 5.46. The van der Waals surface area contributed by atoms with E-state index in [2.05, 4.69) is 68.7 Å². The zero-order valence-electron chi connectivity index (χ0n) is 13.8. The molecule has 1 fully saturated rings. The van der Waals surface area contributed by atoms with Gasteiger partial charge in [0.05, 0.1) is 11.4 Å². The molecule has 4 heterocycles. The molecule has 1 aliphatic rings. The molecule has 5 rings (SSSR count). The third-order valence-corrected chi connectivity index (χ3v) is 6.73. The molecule has 1 aliphatic heterocycles. The minimum Gasteiger partial charge on any atom is -0.293 e. The van der Waals surface area contributed by atoms with Crippen LogP contribution in [0.25, 0.3) is 16.2 Å². The fourth-order valence-corrected chi connectivity index (χ4v) is 5.45. The molecule has 0 bridgehead atoms. The SMILES string of the molecule is c1ccc(-c2nc3sccn3c2CN2CCCC2c2cccs2)cc1. The lowest BCUT2D eigenvalue weighted by molar-refractivity contribution is 0.248. The van der Waals surface area contributed by atoms with Crippen molar-refractivity contribution in [1.82, 2.24) is 14.3 Å². The molecule has 0 radical (unpaired) electrons. The number of benzene rings is 1. The highest BCUT2D eigenvalue weighted by atomic mass is 32.1. The van der Waals surface area contributed by atoms with Gasteiger partial charge in [-0.2, -0.15) is 0 Å². The third kappa shape index (κ3) is 2.72. The van der Waals surface area contributed by atoms with Crippen LogP contribution in [0, 0.1) is 0 Å². The third-order valence-electron chi connectivity index (χ3n) is 5.00. The maximum Gasteiger partial charge on any atom is 0.194 e. The van der Waals surface area contributed by atoms with Crippen LogP contribution in [0.1, 0.15) is 29.5 Å². The Bertz CT molecular complexity index is 969. The first-order valence-electron chi connectivity index (χ1n) is 8.67. The maximum atomic E-state index is 4.93. The second-order valence-corrected chi connectivity index (χ2v) is 8.32. The summed E-state index contributed by atoms with van der Waals surface area (Å²) in [6.07, 6.45) is 4.69. The number of likely N-dealkylation sites (tertiary alicyclic amines) is 1. The van der Waals surface area contributed by atoms with Crippen molar-refractivity contribution >= 4 is 27.6 Å². The van der Waals surface area contributed by atoms with Gasteiger partial charge in [-0.15, -0.1) is 22.7 Å². The first-order chi connectivity index (χ1) is 12.4. The summed E-state index contributed by atoms with van der Waals surface area (Å²) in [5.41, 5.74) is 3.65. The highest BCUT2D eigenvalue weighted by Gasteiger charge is 2.28. The first-order valence-corrected chi connectivity index (χ1v) is 10.4. The highest BCUT2D eigenvalue weighted by Crippen LogP contribution is 2.37. The van der Waals surface area contributed by atoms with E-state index in [1.165, 1.54) is 29.0 Å². The Morgan fingerprint density at radius 3 is 2.80 bits per heavy atom. The van der Waals surface area contributed by atoms with E-state index in [9.17, 15) is 0 Å². The van der Waals surface area contributed by atoms with E-state index in [1.54, 1.807) is 11.3 Å². The Kier molecular flexibility index (Phi) is 3.93. The lowest BCUT2D eigenvalue weighted by Crippen LogP contribution is -2.23. The Hall–Kier alpha value is -1.95. The van der Waals surface area contributed by atoms with Gasteiger partial charge in [-0.25, -0.2) is 4.98 Å². The normalized spacial score (nSPS) is 18.3. The summed E-state index contributed by atoms with van der Waals surface area (Å²) < 4.78 is 2.27. The molecular formula is C20H19N3S2. The van der Waals surface area contributed by atoms with E-state index >= 15 is 0 Å². The summed E-state index contributed by atoms with van der Waals surface area (Å²) in [5, 5.41) is 4.32. The monoisotopic (exact) mass is 365 g/mol. The van der Waals surface area contributed by atoms with E-state index in [1.807, 2.05) is 11.3 Å². The van der Waals surface area contributed by atoms with Gasteiger partial charge in [0.1, 0.15) is 0 Å². The topological polar surface area (TPSA) is 20.5 Å². The minimum atomic E-state index is 0.549. The van der Waals surface area contributed by atoms with Gasteiger partial charge in [0.15, 0.2) is 4.96 Å². The second-order valence-electron chi connectivity index (χ2n) is 6.47. The van der Waals surface area contributed by atoms with Crippen LogP contribution in [-0.4, -0.2) is 20.8 Å². The number of fused-ring (bicyclic) bond motifs is 1. The molecule has 1 unspecified atom stereocenters. The van der Waals surface area contributed by atoms with Crippen LogP contribution in [0.4, 0.5) is 0 Å². The predicted molar refractivity (Wildman–Crippen MR) is 105 cm³/mol. The summed E-state index contributed by atoms with van der Waals surface area (Å²) in [7, 11) is 0. The van der Waals surface area contributed by atoms with Gasteiger partial charge in [-0.05, 0) is 30.8 Å². The number of aromatic nitrogens is 2. The van der Waals surface area contributed by atoms with Crippen LogP contribution >= 0.6 is 22.7 Å². The molecule has 0 saturated carbocycles. The standard InChI is InChI=1S/C20H19N3S2/c1-2-6-15(7-3-1)19-17(23-11-13-25-20(23)21-19)14-22-10-4-8-16(22)18-9-5-12-24-18/h1-3,5-7,9,11-13,16H,4,8,10,14H2. The fraction of sp³-hybridized carbons (Fsp3) is 0.250. The molecule has 3 aromatic heterocycles. The summed E-state index contributed by atoms with van der Waals surface area (Å²) in [5.74, 6) is 0. The van der Waals surface area contributed by atoms with Crippen LogP contribution in [0.2, 0.25) is 0 Å². The maximum absolute atomic E-state index is 4.93. The molecule has 0 aliphatic carbocycles. The Balaban J connectivity index is 1.55. The van der Waals surface area contributed by atoms with Crippen molar-refractivity contribution in [2.24, 2.45) is 0 Å². The van der Waals surface area contributed by atoms with Crippen molar-refractivity contribution < 1.29 is 0 Å². The molecule has 3 nitrogen and oxygen atoms in total. The lowest BCUT2D eigenvalue weighted by Gasteiger charge is -2.23.